The maximum atomic E-state index is 12.8. The van der Waals surface area contributed by atoms with Crippen molar-refractivity contribution in [2.75, 3.05) is 6.54 Å². The highest BCUT2D eigenvalue weighted by atomic mass is 16.2. The molecule has 1 saturated heterocycles. The van der Waals surface area contributed by atoms with Gasteiger partial charge in [-0.1, -0.05) is 31.2 Å². The van der Waals surface area contributed by atoms with E-state index in [0.29, 0.717) is 17.9 Å². The van der Waals surface area contributed by atoms with E-state index in [1.54, 1.807) is 0 Å². The zero-order chi connectivity index (χ0) is 14.1. The second-order valence-corrected chi connectivity index (χ2v) is 6.30. The summed E-state index contributed by atoms with van der Waals surface area (Å²) >= 11 is 0. The Kier molecular flexibility index (Phi) is 3.79. The molecule has 1 amide bonds. The Hall–Kier alpha value is -1.35. The van der Waals surface area contributed by atoms with Crippen LogP contribution in [0.1, 0.15) is 37.8 Å². The smallest absolute Gasteiger partial charge is 0.240 e. The highest BCUT2D eigenvalue weighted by Gasteiger charge is 2.33. The molecule has 0 aromatic heterocycles. The van der Waals surface area contributed by atoms with E-state index in [0.717, 1.165) is 25.9 Å². The minimum atomic E-state index is -0.0438. The van der Waals surface area contributed by atoms with Crippen LogP contribution in [0.4, 0.5) is 0 Å². The van der Waals surface area contributed by atoms with Gasteiger partial charge in [-0.3, -0.25) is 4.79 Å². The Morgan fingerprint density at radius 1 is 1.25 bits per heavy atom. The van der Waals surface area contributed by atoms with E-state index in [4.69, 9.17) is 0 Å². The molecular formula is C17H24N2O. The minimum Gasteiger partial charge on any atom is -0.338 e. The molecule has 0 bridgehead atoms. The minimum absolute atomic E-state index is 0.0438. The van der Waals surface area contributed by atoms with Crippen molar-refractivity contribution in [2.24, 2.45) is 5.92 Å². The van der Waals surface area contributed by atoms with Crippen LogP contribution in [0.3, 0.4) is 0 Å². The molecule has 1 aromatic carbocycles. The van der Waals surface area contributed by atoms with Gasteiger partial charge in [0.05, 0.1) is 6.04 Å². The van der Waals surface area contributed by atoms with Gasteiger partial charge in [-0.25, -0.2) is 0 Å². The molecule has 108 valence electrons. The van der Waals surface area contributed by atoms with Crippen LogP contribution in [-0.2, 0) is 17.8 Å². The SMILES string of the molecule is CC1CCCN(C(=O)[C@H]2Cc3ccccc3CN2)C1C. The number of hydrogen-bond donors (Lipinski definition) is 1. The summed E-state index contributed by atoms with van der Waals surface area (Å²) in [4.78, 5) is 14.9. The molecule has 0 saturated carbocycles. The first-order valence-corrected chi connectivity index (χ1v) is 7.77. The molecule has 0 radical (unpaired) electrons. The molecule has 3 heteroatoms. The maximum absolute atomic E-state index is 12.8. The zero-order valence-electron chi connectivity index (χ0n) is 12.4. The molecule has 1 N–H and O–H groups in total. The second-order valence-electron chi connectivity index (χ2n) is 6.30. The number of carbonyl (C=O) groups is 1. The summed E-state index contributed by atoms with van der Waals surface area (Å²) in [7, 11) is 0. The lowest BCUT2D eigenvalue weighted by Gasteiger charge is -2.40. The van der Waals surface area contributed by atoms with E-state index in [-0.39, 0.29) is 6.04 Å². The van der Waals surface area contributed by atoms with Crippen LogP contribution in [0.25, 0.3) is 0 Å². The summed E-state index contributed by atoms with van der Waals surface area (Å²) in [5.41, 5.74) is 2.65. The van der Waals surface area contributed by atoms with Gasteiger partial charge in [0.15, 0.2) is 0 Å². The molecule has 3 atom stereocenters. The first kappa shape index (κ1) is 13.6. The van der Waals surface area contributed by atoms with Crippen molar-refractivity contribution < 1.29 is 4.79 Å². The molecule has 2 aliphatic heterocycles. The Morgan fingerprint density at radius 2 is 2.00 bits per heavy atom. The fraction of sp³-hybridized carbons (Fsp3) is 0.588. The van der Waals surface area contributed by atoms with E-state index >= 15 is 0 Å². The Morgan fingerprint density at radius 3 is 2.80 bits per heavy atom. The maximum Gasteiger partial charge on any atom is 0.240 e. The summed E-state index contributed by atoms with van der Waals surface area (Å²) in [5.74, 6) is 0.905. The predicted octanol–water partition coefficient (Wildman–Crippen LogP) is 2.35. The number of piperidine rings is 1. The molecule has 1 aromatic rings. The zero-order valence-corrected chi connectivity index (χ0v) is 12.4. The van der Waals surface area contributed by atoms with E-state index in [1.807, 2.05) is 0 Å². The molecule has 2 unspecified atom stereocenters. The fourth-order valence-electron chi connectivity index (χ4n) is 3.48. The number of likely N-dealkylation sites (tertiary alicyclic amines) is 1. The standard InChI is InChI=1S/C17H24N2O/c1-12-6-5-9-19(13(12)2)17(20)16-10-14-7-3-4-8-15(14)11-18-16/h3-4,7-8,12-13,16,18H,5-6,9-11H2,1-2H3/t12?,13?,16-/m1/s1. The van der Waals surface area contributed by atoms with Crippen LogP contribution in [0.2, 0.25) is 0 Å². The van der Waals surface area contributed by atoms with Crippen LogP contribution in [-0.4, -0.2) is 29.4 Å². The normalized spacial score (nSPS) is 29.9. The van der Waals surface area contributed by atoms with Gasteiger partial charge < -0.3 is 10.2 Å². The Bertz CT molecular complexity index is 500. The van der Waals surface area contributed by atoms with Crippen LogP contribution >= 0.6 is 0 Å². The summed E-state index contributed by atoms with van der Waals surface area (Å²) in [6, 6.07) is 8.76. The van der Waals surface area contributed by atoms with Crippen molar-refractivity contribution in [2.45, 2.75) is 51.7 Å². The van der Waals surface area contributed by atoms with Gasteiger partial charge in [-0.05, 0) is 43.2 Å². The fourth-order valence-corrected chi connectivity index (χ4v) is 3.48. The average Bonchev–Trinajstić information content (AvgIpc) is 2.49. The van der Waals surface area contributed by atoms with Gasteiger partial charge in [-0.15, -0.1) is 0 Å². The van der Waals surface area contributed by atoms with Crippen LogP contribution < -0.4 is 5.32 Å². The molecule has 20 heavy (non-hydrogen) atoms. The molecular weight excluding hydrogens is 248 g/mol. The largest absolute Gasteiger partial charge is 0.338 e. The molecule has 2 aliphatic rings. The van der Waals surface area contributed by atoms with Crippen molar-refractivity contribution >= 4 is 5.91 Å². The van der Waals surface area contributed by atoms with Crippen molar-refractivity contribution in [3.63, 3.8) is 0 Å². The first-order valence-electron chi connectivity index (χ1n) is 7.77. The topological polar surface area (TPSA) is 32.3 Å². The molecule has 0 aliphatic carbocycles. The number of amides is 1. The molecule has 2 heterocycles. The average molecular weight is 272 g/mol. The lowest BCUT2D eigenvalue weighted by Crippen LogP contribution is -2.55. The van der Waals surface area contributed by atoms with Crippen molar-refractivity contribution in [1.29, 1.82) is 0 Å². The third-order valence-electron chi connectivity index (χ3n) is 5.04. The van der Waals surface area contributed by atoms with Crippen molar-refractivity contribution in [1.82, 2.24) is 10.2 Å². The van der Waals surface area contributed by atoms with Gasteiger partial charge in [0.1, 0.15) is 0 Å². The number of carbonyl (C=O) groups excluding carboxylic acids is 1. The first-order chi connectivity index (χ1) is 9.66. The van der Waals surface area contributed by atoms with Crippen LogP contribution in [0.5, 0.6) is 0 Å². The van der Waals surface area contributed by atoms with E-state index < -0.39 is 0 Å². The number of benzene rings is 1. The third kappa shape index (κ3) is 2.47. The molecule has 1 fully saturated rings. The lowest BCUT2D eigenvalue weighted by atomic mass is 9.90. The number of rotatable bonds is 1. The Balaban J connectivity index is 1.72. The summed E-state index contributed by atoms with van der Waals surface area (Å²) in [6.07, 6.45) is 3.21. The van der Waals surface area contributed by atoms with E-state index in [9.17, 15) is 4.79 Å². The van der Waals surface area contributed by atoms with E-state index in [1.165, 1.54) is 17.5 Å². The van der Waals surface area contributed by atoms with Crippen LogP contribution in [0, 0.1) is 5.92 Å². The number of nitrogens with one attached hydrogen (secondary N) is 1. The molecule has 3 nitrogen and oxygen atoms in total. The number of fused-ring (bicyclic) bond motifs is 1. The van der Waals surface area contributed by atoms with Gasteiger partial charge in [0.2, 0.25) is 5.91 Å². The van der Waals surface area contributed by atoms with E-state index in [2.05, 4.69) is 48.3 Å². The van der Waals surface area contributed by atoms with Gasteiger partial charge in [-0.2, -0.15) is 0 Å². The predicted molar refractivity (Wildman–Crippen MR) is 80.3 cm³/mol. The highest BCUT2D eigenvalue weighted by Crippen LogP contribution is 2.25. The van der Waals surface area contributed by atoms with Crippen LogP contribution in [0.15, 0.2) is 24.3 Å². The monoisotopic (exact) mass is 272 g/mol. The number of hydrogen-bond acceptors (Lipinski definition) is 2. The van der Waals surface area contributed by atoms with Crippen molar-refractivity contribution in [3.05, 3.63) is 35.4 Å². The molecule has 0 spiro atoms. The third-order valence-corrected chi connectivity index (χ3v) is 5.04. The quantitative estimate of drug-likeness (QED) is 0.851. The summed E-state index contributed by atoms with van der Waals surface area (Å²) in [6.45, 7) is 6.18. The van der Waals surface area contributed by atoms with Gasteiger partial charge in [0, 0.05) is 19.1 Å². The number of nitrogens with zero attached hydrogens (tertiary/aromatic N) is 1. The summed E-state index contributed by atoms with van der Waals surface area (Å²) < 4.78 is 0. The van der Waals surface area contributed by atoms with Gasteiger partial charge >= 0.3 is 0 Å². The van der Waals surface area contributed by atoms with Gasteiger partial charge in [0.25, 0.3) is 0 Å². The van der Waals surface area contributed by atoms with Crippen molar-refractivity contribution in [3.8, 4) is 0 Å². The highest BCUT2D eigenvalue weighted by molar-refractivity contribution is 5.83. The Labute approximate surface area is 121 Å². The lowest BCUT2D eigenvalue weighted by molar-refractivity contribution is -0.138. The molecule has 3 rings (SSSR count). The second kappa shape index (κ2) is 5.57. The summed E-state index contributed by atoms with van der Waals surface area (Å²) in [5, 5.41) is 3.42.